The van der Waals surface area contributed by atoms with Crippen molar-refractivity contribution in [2.75, 3.05) is 13.1 Å². The quantitative estimate of drug-likeness (QED) is 0.902. The smallest absolute Gasteiger partial charge is 0.387 e. The third-order valence-corrected chi connectivity index (χ3v) is 2.70. The van der Waals surface area contributed by atoms with Gasteiger partial charge in [-0.25, -0.2) is 0 Å². The highest BCUT2D eigenvalue weighted by molar-refractivity contribution is 6.31. The van der Waals surface area contributed by atoms with Crippen molar-refractivity contribution in [1.29, 1.82) is 0 Å². The minimum Gasteiger partial charge on any atom is -0.435 e. The highest BCUT2D eigenvalue weighted by atomic mass is 35.5. The standard InChI is InChI=1S/C11H11ClF2N2O/c12-9-6-8(17-11(13)14)2-1-7(9)5-10-15-3-4-16-10/h1-2,6,11H,3-5H2,(H,15,16). The molecule has 17 heavy (non-hydrogen) atoms. The third kappa shape index (κ3) is 3.30. The monoisotopic (exact) mass is 260 g/mol. The van der Waals surface area contributed by atoms with E-state index in [0.717, 1.165) is 24.5 Å². The fraction of sp³-hybridized carbons (Fsp3) is 0.364. The van der Waals surface area contributed by atoms with E-state index in [2.05, 4.69) is 15.0 Å². The van der Waals surface area contributed by atoms with Gasteiger partial charge < -0.3 is 10.1 Å². The average molecular weight is 261 g/mol. The van der Waals surface area contributed by atoms with Crippen molar-refractivity contribution in [3.05, 3.63) is 28.8 Å². The van der Waals surface area contributed by atoms with E-state index in [1.165, 1.54) is 12.1 Å². The average Bonchev–Trinajstić information content (AvgIpc) is 2.74. The Balaban J connectivity index is 2.08. The molecule has 1 aliphatic heterocycles. The van der Waals surface area contributed by atoms with Crippen LogP contribution in [-0.2, 0) is 6.42 Å². The maximum absolute atomic E-state index is 12.0. The molecular formula is C11H11ClF2N2O. The lowest BCUT2D eigenvalue weighted by Crippen LogP contribution is -2.20. The predicted octanol–water partition coefficient (Wildman–Crippen LogP) is 2.49. The lowest BCUT2D eigenvalue weighted by molar-refractivity contribution is -0.0498. The summed E-state index contributed by atoms with van der Waals surface area (Å²) in [6, 6.07) is 4.53. The van der Waals surface area contributed by atoms with Crippen LogP contribution in [0.15, 0.2) is 23.2 Å². The summed E-state index contributed by atoms with van der Waals surface area (Å²) in [6.07, 6.45) is 0.577. The SMILES string of the molecule is FC(F)Oc1ccc(CC2=NCCN2)c(Cl)c1. The van der Waals surface area contributed by atoms with Crippen molar-refractivity contribution in [2.24, 2.45) is 4.99 Å². The number of halogens is 3. The van der Waals surface area contributed by atoms with Gasteiger partial charge in [-0.15, -0.1) is 0 Å². The molecule has 0 unspecified atom stereocenters. The Morgan fingerprint density at radius 2 is 2.29 bits per heavy atom. The fourth-order valence-electron chi connectivity index (χ4n) is 1.59. The summed E-state index contributed by atoms with van der Waals surface area (Å²) in [6.45, 7) is -1.24. The largest absolute Gasteiger partial charge is 0.435 e. The van der Waals surface area contributed by atoms with E-state index >= 15 is 0 Å². The molecular weight excluding hydrogens is 250 g/mol. The van der Waals surface area contributed by atoms with Gasteiger partial charge in [-0.3, -0.25) is 4.99 Å². The van der Waals surface area contributed by atoms with Crippen molar-refractivity contribution >= 4 is 17.4 Å². The molecule has 0 saturated carbocycles. The number of rotatable bonds is 4. The number of amidine groups is 1. The summed E-state index contributed by atoms with van der Waals surface area (Å²) in [4.78, 5) is 4.24. The number of nitrogens with one attached hydrogen (secondary N) is 1. The van der Waals surface area contributed by atoms with Gasteiger partial charge in [-0.2, -0.15) is 8.78 Å². The van der Waals surface area contributed by atoms with E-state index in [1.54, 1.807) is 6.07 Å². The molecule has 0 fully saturated rings. The van der Waals surface area contributed by atoms with Crippen LogP contribution in [0.4, 0.5) is 8.78 Å². The van der Waals surface area contributed by atoms with Gasteiger partial charge in [-0.1, -0.05) is 17.7 Å². The van der Waals surface area contributed by atoms with Crippen LogP contribution in [0, 0.1) is 0 Å². The number of benzene rings is 1. The van der Waals surface area contributed by atoms with Crippen LogP contribution >= 0.6 is 11.6 Å². The van der Waals surface area contributed by atoms with Gasteiger partial charge in [0.2, 0.25) is 0 Å². The zero-order valence-corrected chi connectivity index (χ0v) is 9.68. The Hall–Kier alpha value is -1.36. The molecule has 1 heterocycles. The molecule has 0 aliphatic carbocycles. The third-order valence-electron chi connectivity index (χ3n) is 2.35. The van der Waals surface area contributed by atoms with Gasteiger partial charge in [-0.05, 0) is 17.7 Å². The first-order valence-corrected chi connectivity index (χ1v) is 5.53. The minimum atomic E-state index is -2.84. The van der Waals surface area contributed by atoms with E-state index in [4.69, 9.17) is 11.6 Å². The maximum atomic E-state index is 12.0. The summed E-state index contributed by atoms with van der Waals surface area (Å²) >= 11 is 5.98. The first kappa shape index (κ1) is 12.1. The van der Waals surface area contributed by atoms with Gasteiger partial charge in [0.25, 0.3) is 0 Å². The van der Waals surface area contributed by atoms with Crippen LogP contribution in [-0.4, -0.2) is 25.5 Å². The Kier molecular flexibility index (Phi) is 3.78. The van der Waals surface area contributed by atoms with E-state index < -0.39 is 6.61 Å². The molecule has 0 bridgehead atoms. The molecule has 1 aliphatic rings. The highest BCUT2D eigenvalue weighted by Gasteiger charge is 2.11. The molecule has 92 valence electrons. The number of hydrogen-bond acceptors (Lipinski definition) is 3. The number of ether oxygens (including phenoxy) is 1. The molecule has 6 heteroatoms. The molecule has 3 nitrogen and oxygen atoms in total. The second-order valence-corrected chi connectivity index (χ2v) is 3.97. The molecule has 1 aromatic carbocycles. The Morgan fingerprint density at radius 1 is 1.47 bits per heavy atom. The summed E-state index contributed by atoms with van der Waals surface area (Å²) in [5, 5.41) is 3.52. The number of hydrogen-bond donors (Lipinski definition) is 1. The Morgan fingerprint density at radius 3 is 2.88 bits per heavy atom. The van der Waals surface area contributed by atoms with Gasteiger partial charge >= 0.3 is 6.61 Å². The summed E-state index contributed by atoms with van der Waals surface area (Å²) in [5.41, 5.74) is 0.835. The van der Waals surface area contributed by atoms with E-state index in [-0.39, 0.29) is 5.75 Å². The lowest BCUT2D eigenvalue weighted by Gasteiger charge is -2.08. The van der Waals surface area contributed by atoms with E-state index in [0.29, 0.717) is 11.4 Å². The molecule has 0 radical (unpaired) electrons. The second-order valence-electron chi connectivity index (χ2n) is 3.56. The van der Waals surface area contributed by atoms with E-state index in [1.807, 2.05) is 0 Å². The van der Waals surface area contributed by atoms with Crippen LogP contribution in [0.1, 0.15) is 5.56 Å². The van der Waals surface area contributed by atoms with Crippen molar-refractivity contribution in [2.45, 2.75) is 13.0 Å². The van der Waals surface area contributed by atoms with Gasteiger partial charge in [0.1, 0.15) is 11.6 Å². The lowest BCUT2D eigenvalue weighted by atomic mass is 10.1. The summed E-state index contributed by atoms with van der Waals surface area (Å²) in [5.74, 6) is 0.935. The zero-order chi connectivity index (χ0) is 12.3. The van der Waals surface area contributed by atoms with Crippen molar-refractivity contribution in [1.82, 2.24) is 5.32 Å². The van der Waals surface area contributed by atoms with Crippen LogP contribution in [0.2, 0.25) is 5.02 Å². The topological polar surface area (TPSA) is 33.6 Å². The van der Waals surface area contributed by atoms with E-state index in [9.17, 15) is 8.78 Å². The molecule has 0 atom stereocenters. The van der Waals surface area contributed by atoms with Crippen molar-refractivity contribution in [3.63, 3.8) is 0 Å². The number of aliphatic imine (C=N–C) groups is 1. The van der Waals surface area contributed by atoms with Crippen LogP contribution in [0.3, 0.4) is 0 Å². The minimum absolute atomic E-state index is 0.0649. The predicted molar refractivity (Wildman–Crippen MR) is 62.1 cm³/mol. The second kappa shape index (κ2) is 5.31. The molecule has 1 aromatic rings. The van der Waals surface area contributed by atoms with Crippen molar-refractivity contribution < 1.29 is 13.5 Å². The number of alkyl halides is 2. The first-order chi connectivity index (χ1) is 8.15. The molecule has 0 spiro atoms. The maximum Gasteiger partial charge on any atom is 0.387 e. The fourth-order valence-corrected chi connectivity index (χ4v) is 1.83. The van der Waals surface area contributed by atoms with Gasteiger partial charge in [0.05, 0.1) is 6.54 Å². The number of nitrogens with zero attached hydrogens (tertiary/aromatic N) is 1. The molecule has 1 N–H and O–H groups in total. The Labute approximate surface area is 102 Å². The molecule has 0 amide bonds. The van der Waals surface area contributed by atoms with Crippen LogP contribution in [0.25, 0.3) is 0 Å². The van der Waals surface area contributed by atoms with Crippen molar-refractivity contribution in [3.8, 4) is 5.75 Å². The molecule has 0 saturated heterocycles. The van der Waals surface area contributed by atoms with Gasteiger partial charge in [0.15, 0.2) is 0 Å². The normalized spacial score (nSPS) is 14.7. The highest BCUT2D eigenvalue weighted by Crippen LogP contribution is 2.24. The zero-order valence-electron chi connectivity index (χ0n) is 8.92. The first-order valence-electron chi connectivity index (χ1n) is 5.15. The Bertz CT molecular complexity index is 437. The van der Waals surface area contributed by atoms with Crippen LogP contribution < -0.4 is 10.1 Å². The molecule has 2 rings (SSSR count). The van der Waals surface area contributed by atoms with Crippen LogP contribution in [0.5, 0.6) is 5.75 Å². The summed E-state index contributed by atoms with van der Waals surface area (Å²) in [7, 11) is 0. The molecule has 0 aromatic heterocycles. The van der Waals surface area contributed by atoms with Gasteiger partial charge in [0, 0.05) is 18.0 Å². The summed E-state index contributed by atoms with van der Waals surface area (Å²) < 4.78 is 28.2.